The summed E-state index contributed by atoms with van der Waals surface area (Å²) in [5, 5.41) is 16.5. The van der Waals surface area contributed by atoms with Gasteiger partial charge in [0.05, 0.1) is 5.69 Å². The zero-order chi connectivity index (χ0) is 28.7. The molecule has 1 atom stereocenters. The lowest BCUT2D eigenvalue weighted by Gasteiger charge is -2.32. The van der Waals surface area contributed by atoms with Gasteiger partial charge in [0.15, 0.2) is 0 Å². The van der Waals surface area contributed by atoms with Crippen molar-refractivity contribution in [3.8, 4) is 0 Å². The third-order valence-corrected chi connectivity index (χ3v) is 9.39. The van der Waals surface area contributed by atoms with Crippen molar-refractivity contribution < 1.29 is 23.1 Å². The number of benzene rings is 3. The number of sulfonamides is 1. The molecule has 210 valence electrons. The highest BCUT2D eigenvalue weighted by Gasteiger charge is 2.48. The topological polar surface area (TPSA) is 128 Å². The number of fused-ring (bicyclic) bond motifs is 1. The molecule has 9 nitrogen and oxygen atoms in total. The molecular weight excluding hydrogens is 599 g/mol. The second-order valence-electron chi connectivity index (χ2n) is 9.79. The third-order valence-electron chi connectivity index (χ3n) is 7.10. The van der Waals surface area contributed by atoms with Crippen molar-refractivity contribution in [2.75, 3.05) is 23.7 Å². The van der Waals surface area contributed by atoms with Crippen LogP contribution in [0.2, 0.25) is 15.1 Å². The minimum absolute atomic E-state index is 0.0988. The number of likely N-dealkylation sites (tertiary alicyclic amines) is 1. The molecule has 3 aromatic carbocycles. The van der Waals surface area contributed by atoms with Crippen LogP contribution < -0.4 is 15.4 Å². The molecule has 0 aromatic heterocycles. The Morgan fingerprint density at radius 1 is 1.00 bits per heavy atom. The molecule has 0 saturated carbocycles. The first kappa shape index (κ1) is 28.5. The maximum absolute atomic E-state index is 13.7. The molecule has 0 radical (unpaired) electrons. The number of carbonyl (C=O) groups excluding carboxylic acids is 1. The Kier molecular flexibility index (Phi) is 7.91. The predicted molar refractivity (Wildman–Crippen MR) is 155 cm³/mol. The molecule has 0 bridgehead atoms. The first-order valence-corrected chi connectivity index (χ1v) is 15.0. The van der Waals surface area contributed by atoms with Gasteiger partial charge in [-0.15, -0.1) is 0 Å². The molecule has 2 aliphatic rings. The minimum Gasteiger partial charge on any atom is -0.465 e. The van der Waals surface area contributed by atoms with Gasteiger partial charge in [0.1, 0.15) is 10.4 Å². The number of halogens is 3. The number of nitrogens with zero attached hydrogens (tertiary/aromatic N) is 1. The van der Waals surface area contributed by atoms with Gasteiger partial charge in [0, 0.05) is 51.9 Å². The zero-order valence-electron chi connectivity index (χ0n) is 21.0. The summed E-state index contributed by atoms with van der Waals surface area (Å²) >= 11 is 18.8. The number of hydrogen-bond acceptors (Lipinski definition) is 5. The van der Waals surface area contributed by atoms with E-state index in [1.54, 1.807) is 36.4 Å². The van der Waals surface area contributed by atoms with Crippen LogP contribution in [0.25, 0.3) is 0 Å². The van der Waals surface area contributed by atoms with Crippen molar-refractivity contribution in [2.45, 2.75) is 35.7 Å². The van der Waals surface area contributed by atoms with E-state index in [1.165, 1.54) is 23.1 Å². The van der Waals surface area contributed by atoms with E-state index in [2.05, 4.69) is 15.4 Å². The van der Waals surface area contributed by atoms with Crippen LogP contribution in [0.5, 0.6) is 0 Å². The number of rotatable bonds is 7. The van der Waals surface area contributed by atoms with Crippen LogP contribution in [0.1, 0.15) is 24.0 Å². The van der Waals surface area contributed by atoms with Gasteiger partial charge in [-0.25, -0.2) is 17.9 Å². The highest BCUT2D eigenvalue weighted by Crippen LogP contribution is 2.43. The summed E-state index contributed by atoms with van der Waals surface area (Å²) in [6.07, 6.45) is -0.234. The molecule has 5 rings (SSSR count). The van der Waals surface area contributed by atoms with E-state index in [0.717, 1.165) is 5.56 Å². The van der Waals surface area contributed by atoms with Crippen molar-refractivity contribution in [3.63, 3.8) is 0 Å². The first-order chi connectivity index (χ1) is 19.0. The molecule has 1 saturated heterocycles. The van der Waals surface area contributed by atoms with Gasteiger partial charge >= 0.3 is 6.09 Å². The Morgan fingerprint density at radius 3 is 2.38 bits per heavy atom. The Morgan fingerprint density at radius 2 is 1.68 bits per heavy atom. The van der Waals surface area contributed by atoms with Crippen molar-refractivity contribution in [2.24, 2.45) is 0 Å². The second kappa shape index (κ2) is 11.1. The summed E-state index contributed by atoms with van der Waals surface area (Å²) in [6.45, 7) is 0.438. The standard InChI is InChI=1S/C27H25Cl3N4O5S/c28-17-3-1-2-16(12-17)15-27(21-6-4-18(29)13-22(21)31-25(27)35)32-23-14-19(30)5-7-24(23)40(38,39)33-20-8-10-34(11-9-20)26(36)37/h1-7,12-14,20,32-33H,8-11,15H2,(H,31,35)(H,36,37). The van der Waals surface area contributed by atoms with Crippen LogP contribution in [0.4, 0.5) is 16.2 Å². The number of amides is 2. The fraction of sp³-hybridized carbons (Fsp3) is 0.259. The molecule has 3 aromatic rings. The summed E-state index contributed by atoms with van der Waals surface area (Å²) in [7, 11) is -4.11. The van der Waals surface area contributed by atoms with Crippen molar-refractivity contribution in [1.29, 1.82) is 0 Å². The number of carboxylic acid groups (broad SMARTS) is 1. The van der Waals surface area contributed by atoms with Crippen LogP contribution in [-0.4, -0.2) is 49.6 Å². The van der Waals surface area contributed by atoms with Crippen molar-refractivity contribution >= 4 is 68.2 Å². The third kappa shape index (κ3) is 5.73. The molecule has 0 spiro atoms. The van der Waals surface area contributed by atoms with E-state index in [1.807, 2.05) is 6.07 Å². The van der Waals surface area contributed by atoms with Crippen molar-refractivity contribution in [1.82, 2.24) is 9.62 Å². The van der Waals surface area contributed by atoms with Gasteiger partial charge in [-0.05, 0) is 60.9 Å². The summed E-state index contributed by atoms with van der Waals surface area (Å²) in [5.41, 5.74) is 0.531. The summed E-state index contributed by atoms with van der Waals surface area (Å²) < 4.78 is 30.0. The monoisotopic (exact) mass is 622 g/mol. The lowest BCUT2D eigenvalue weighted by atomic mass is 9.84. The molecule has 1 unspecified atom stereocenters. The second-order valence-corrected chi connectivity index (χ2v) is 12.8. The SMILES string of the molecule is O=C(O)N1CCC(NS(=O)(=O)c2ccc(Cl)cc2NC2(Cc3cccc(Cl)c3)C(=O)Nc3cc(Cl)ccc32)CC1. The molecule has 2 amide bonds. The van der Waals surface area contributed by atoms with Gasteiger partial charge < -0.3 is 20.6 Å². The van der Waals surface area contributed by atoms with Gasteiger partial charge in [-0.3, -0.25) is 4.79 Å². The number of hydrogen-bond donors (Lipinski definition) is 4. The van der Waals surface area contributed by atoms with Gasteiger partial charge in [-0.1, -0.05) is 53.0 Å². The number of carbonyl (C=O) groups is 2. The molecule has 40 heavy (non-hydrogen) atoms. The largest absolute Gasteiger partial charge is 0.465 e. The lowest BCUT2D eigenvalue weighted by molar-refractivity contribution is -0.119. The van der Waals surface area contributed by atoms with Gasteiger partial charge in [-0.2, -0.15) is 0 Å². The van der Waals surface area contributed by atoms with Crippen LogP contribution in [-0.2, 0) is 26.8 Å². The van der Waals surface area contributed by atoms with Gasteiger partial charge in [0.25, 0.3) is 5.91 Å². The normalized spacial score (nSPS) is 19.3. The van der Waals surface area contributed by atoms with Crippen molar-refractivity contribution in [3.05, 3.63) is 86.9 Å². The fourth-order valence-corrected chi connectivity index (χ4v) is 7.18. The fourth-order valence-electron chi connectivity index (χ4n) is 5.18. The van der Waals surface area contributed by atoms with Crippen LogP contribution in [0.3, 0.4) is 0 Å². The Hall–Kier alpha value is -3.02. The summed E-state index contributed by atoms with van der Waals surface area (Å²) in [4.78, 5) is 26.1. The Labute approximate surface area is 246 Å². The maximum Gasteiger partial charge on any atom is 0.407 e. The summed E-state index contributed by atoms with van der Waals surface area (Å²) in [5.74, 6) is -0.401. The summed E-state index contributed by atoms with van der Waals surface area (Å²) in [6, 6.07) is 15.9. The molecule has 2 heterocycles. The molecule has 4 N–H and O–H groups in total. The highest BCUT2D eigenvalue weighted by atomic mass is 35.5. The van der Waals surface area contributed by atoms with E-state index in [-0.39, 0.29) is 35.1 Å². The Bertz CT molecular complexity index is 1590. The maximum atomic E-state index is 13.7. The van der Waals surface area contributed by atoms with E-state index in [9.17, 15) is 23.1 Å². The van der Waals surface area contributed by atoms with Crippen LogP contribution >= 0.6 is 34.8 Å². The quantitative estimate of drug-likeness (QED) is 0.273. The lowest BCUT2D eigenvalue weighted by Crippen LogP contribution is -2.47. The minimum atomic E-state index is -4.11. The zero-order valence-corrected chi connectivity index (χ0v) is 24.0. The van der Waals surface area contributed by atoms with E-state index in [0.29, 0.717) is 34.1 Å². The molecule has 0 aliphatic carbocycles. The molecular formula is C27H25Cl3N4O5S. The Balaban J connectivity index is 1.54. The van der Waals surface area contributed by atoms with E-state index < -0.39 is 33.6 Å². The number of nitrogens with one attached hydrogen (secondary N) is 3. The first-order valence-electron chi connectivity index (χ1n) is 12.4. The molecule has 13 heteroatoms. The number of piperidine rings is 1. The molecule has 1 fully saturated rings. The predicted octanol–water partition coefficient (Wildman–Crippen LogP) is 5.57. The molecule has 2 aliphatic heterocycles. The van der Waals surface area contributed by atoms with E-state index >= 15 is 0 Å². The average Bonchev–Trinajstić information content (AvgIpc) is 3.13. The number of anilines is 2. The van der Waals surface area contributed by atoms with E-state index in [4.69, 9.17) is 34.8 Å². The highest BCUT2D eigenvalue weighted by molar-refractivity contribution is 7.89. The van der Waals surface area contributed by atoms with Crippen LogP contribution in [0.15, 0.2) is 65.6 Å². The average molecular weight is 624 g/mol. The smallest absolute Gasteiger partial charge is 0.407 e. The van der Waals surface area contributed by atoms with Gasteiger partial charge in [0.2, 0.25) is 10.0 Å². The van der Waals surface area contributed by atoms with Crippen LogP contribution in [0, 0.1) is 0 Å².